The van der Waals surface area contributed by atoms with Gasteiger partial charge in [0.2, 0.25) is 10.0 Å². The molecule has 0 fully saturated rings. The normalized spacial score (nSPS) is 12.8. The van der Waals surface area contributed by atoms with Crippen molar-refractivity contribution < 1.29 is 17.6 Å². The first-order chi connectivity index (χ1) is 9.22. The number of hydrogen-bond donors (Lipinski definition) is 2. The molecule has 0 aliphatic heterocycles. The summed E-state index contributed by atoms with van der Waals surface area (Å²) in [6.07, 6.45) is 0. The van der Waals surface area contributed by atoms with E-state index in [1.807, 2.05) is 20.8 Å². The molecule has 0 aliphatic rings. The third-order valence-electron chi connectivity index (χ3n) is 2.57. The minimum absolute atomic E-state index is 0.0926. The van der Waals surface area contributed by atoms with Crippen LogP contribution in [-0.2, 0) is 21.3 Å². The van der Waals surface area contributed by atoms with Gasteiger partial charge < -0.3 is 14.5 Å². The molecular formula is C12H21BrN2O4S. The summed E-state index contributed by atoms with van der Waals surface area (Å²) in [5.74, 6) is 0.545. The van der Waals surface area contributed by atoms with Gasteiger partial charge in [0.15, 0.2) is 4.67 Å². The molecule has 2 N–H and O–H groups in total. The lowest BCUT2D eigenvalue weighted by Crippen LogP contribution is -2.40. The van der Waals surface area contributed by atoms with E-state index >= 15 is 0 Å². The van der Waals surface area contributed by atoms with Gasteiger partial charge in [0.1, 0.15) is 10.7 Å². The van der Waals surface area contributed by atoms with Crippen LogP contribution in [0.5, 0.6) is 0 Å². The molecule has 6 nitrogen and oxygen atoms in total. The Morgan fingerprint density at radius 2 is 2.10 bits per heavy atom. The maximum absolute atomic E-state index is 12.2. The lowest BCUT2D eigenvalue weighted by molar-refractivity contribution is -0.00515. The minimum Gasteiger partial charge on any atom is -0.452 e. The predicted molar refractivity (Wildman–Crippen MR) is 80.1 cm³/mol. The van der Waals surface area contributed by atoms with Gasteiger partial charge in [-0.25, -0.2) is 13.1 Å². The average molecular weight is 369 g/mol. The van der Waals surface area contributed by atoms with Crippen molar-refractivity contribution in [3.05, 3.63) is 16.5 Å². The fourth-order valence-electron chi connectivity index (χ4n) is 1.63. The second kappa shape index (κ2) is 7.04. The highest BCUT2D eigenvalue weighted by atomic mass is 79.9. The highest BCUT2D eigenvalue weighted by molar-refractivity contribution is 9.10. The van der Waals surface area contributed by atoms with Crippen LogP contribution < -0.4 is 10.0 Å². The zero-order valence-corrected chi connectivity index (χ0v) is 14.5. The molecule has 0 atom stereocenters. The summed E-state index contributed by atoms with van der Waals surface area (Å²) in [7, 11) is -1.88. The van der Waals surface area contributed by atoms with E-state index in [4.69, 9.17) is 9.15 Å². The zero-order chi connectivity index (χ0) is 15.4. The summed E-state index contributed by atoms with van der Waals surface area (Å²) in [5.41, 5.74) is -0.564. The molecule has 20 heavy (non-hydrogen) atoms. The second-order valence-corrected chi connectivity index (χ2v) is 7.35. The van der Waals surface area contributed by atoms with Crippen LogP contribution >= 0.6 is 15.9 Å². The Morgan fingerprint density at radius 1 is 1.45 bits per heavy atom. The lowest BCUT2D eigenvalue weighted by Gasteiger charge is -2.24. The van der Waals surface area contributed by atoms with Crippen LogP contribution in [0.4, 0.5) is 0 Å². The summed E-state index contributed by atoms with van der Waals surface area (Å²) >= 11 is 3.13. The summed E-state index contributed by atoms with van der Waals surface area (Å²) in [4.78, 5) is 0.0926. The van der Waals surface area contributed by atoms with Gasteiger partial charge in [-0.05, 0) is 43.7 Å². The van der Waals surface area contributed by atoms with Crippen LogP contribution in [0.3, 0.4) is 0 Å². The topological polar surface area (TPSA) is 80.6 Å². The Morgan fingerprint density at radius 3 is 2.65 bits per heavy atom. The molecule has 0 radical (unpaired) electrons. The highest BCUT2D eigenvalue weighted by Crippen LogP contribution is 2.26. The molecule has 116 valence electrons. The standard InChI is InChI=1S/C12H21BrN2O4S/c1-5-18-12(2,3)8-15-20(16,17)10-6-9(7-14-4)19-11(10)13/h6,14-15H,5,7-8H2,1-4H3. The molecule has 8 heteroatoms. The van der Waals surface area contributed by atoms with Crippen molar-refractivity contribution >= 4 is 26.0 Å². The van der Waals surface area contributed by atoms with Crippen LogP contribution in [0.15, 0.2) is 20.0 Å². The maximum atomic E-state index is 12.2. The number of ether oxygens (including phenoxy) is 1. The predicted octanol–water partition coefficient (Wildman–Crippen LogP) is 1.85. The molecular weight excluding hydrogens is 348 g/mol. The average Bonchev–Trinajstić information content (AvgIpc) is 2.69. The first-order valence-corrected chi connectivity index (χ1v) is 8.56. The molecule has 0 saturated carbocycles. The largest absolute Gasteiger partial charge is 0.452 e. The minimum atomic E-state index is -3.64. The summed E-state index contributed by atoms with van der Waals surface area (Å²) < 4.78 is 38.0. The Kier molecular flexibility index (Phi) is 6.21. The summed E-state index contributed by atoms with van der Waals surface area (Å²) in [6, 6.07) is 1.50. The van der Waals surface area contributed by atoms with E-state index in [0.29, 0.717) is 18.9 Å². The molecule has 0 unspecified atom stereocenters. The quantitative estimate of drug-likeness (QED) is 0.731. The second-order valence-electron chi connectivity index (χ2n) is 4.90. The van der Waals surface area contributed by atoms with E-state index in [0.717, 1.165) is 0 Å². The van der Waals surface area contributed by atoms with Crippen LogP contribution in [0.1, 0.15) is 26.5 Å². The van der Waals surface area contributed by atoms with Gasteiger partial charge in [0.25, 0.3) is 0 Å². The van der Waals surface area contributed by atoms with Crippen molar-refractivity contribution in [1.29, 1.82) is 0 Å². The van der Waals surface area contributed by atoms with Crippen LogP contribution in [-0.4, -0.2) is 34.2 Å². The van der Waals surface area contributed by atoms with Gasteiger partial charge in [-0.3, -0.25) is 0 Å². The van der Waals surface area contributed by atoms with E-state index in [-0.39, 0.29) is 16.1 Å². The zero-order valence-electron chi connectivity index (χ0n) is 12.1. The highest BCUT2D eigenvalue weighted by Gasteiger charge is 2.26. The molecule has 0 aliphatic carbocycles. The first kappa shape index (κ1) is 17.6. The Bertz CT molecular complexity index is 540. The van der Waals surface area contributed by atoms with Gasteiger partial charge >= 0.3 is 0 Å². The molecule has 0 saturated heterocycles. The van der Waals surface area contributed by atoms with Crippen LogP contribution in [0, 0.1) is 0 Å². The number of rotatable bonds is 8. The monoisotopic (exact) mass is 368 g/mol. The van der Waals surface area contributed by atoms with Gasteiger partial charge in [0.05, 0.1) is 12.1 Å². The summed E-state index contributed by atoms with van der Waals surface area (Å²) in [6.45, 7) is 6.69. The molecule has 1 rings (SSSR count). The first-order valence-electron chi connectivity index (χ1n) is 6.28. The van der Waals surface area contributed by atoms with Crippen molar-refractivity contribution in [3.63, 3.8) is 0 Å². The van der Waals surface area contributed by atoms with E-state index in [9.17, 15) is 8.42 Å². The fourth-order valence-corrected chi connectivity index (χ4v) is 3.83. The molecule has 0 amide bonds. The van der Waals surface area contributed by atoms with Crippen LogP contribution in [0.25, 0.3) is 0 Å². The van der Waals surface area contributed by atoms with E-state index in [1.165, 1.54) is 6.07 Å². The maximum Gasteiger partial charge on any atom is 0.245 e. The molecule has 0 aromatic carbocycles. The molecule has 1 aromatic rings. The summed E-state index contributed by atoms with van der Waals surface area (Å²) in [5, 5.41) is 2.90. The Balaban J connectivity index is 2.83. The molecule has 0 spiro atoms. The molecule has 1 heterocycles. The van der Waals surface area contributed by atoms with Crippen molar-refractivity contribution in [3.8, 4) is 0 Å². The lowest BCUT2D eigenvalue weighted by atomic mass is 10.1. The van der Waals surface area contributed by atoms with Gasteiger partial charge in [-0.1, -0.05) is 0 Å². The number of furan rings is 1. The number of halogens is 1. The van der Waals surface area contributed by atoms with E-state index in [1.54, 1.807) is 7.05 Å². The smallest absolute Gasteiger partial charge is 0.245 e. The van der Waals surface area contributed by atoms with Crippen molar-refractivity contribution in [1.82, 2.24) is 10.0 Å². The van der Waals surface area contributed by atoms with Gasteiger partial charge in [0, 0.05) is 19.2 Å². The third-order valence-corrected chi connectivity index (χ3v) is 4.83. The Labute approximate surface area is 128 Å². The van der Waals surface area contributed by atoms with Crippen molar-refractivity contribution in [2.24, 2.45) is 0 Å². The van der Waals surface area contributed by atoms with Crippen LogP contribution in [0.2, 0.25) is 0 Å². The Hall–Kier alpha value is -0.410. The van der Waals surface area contributed by atoms with Gasteiger partial charge in [-0.15, -0.1) is 0 Å². The number of hydrogen-bond acceptors (Lipinski definition) is 5. The van der Waals surface area contributed by atoms with E-state index in [2.05, 4.69) is 26.0 Å². The van der Waals surface area contributed by atoms with Gasteiger partial charge in [-0.2, -0.15) is 0 Å². The number of nitrogens with one attached hydrogen (secondary N) is 2. The fraction of sp³-hybridized carbons (Fsp3) is 0.667. The molecule has 1 aromatic heterocycles. The molecule has 0 bridgehead atoms. The van der Waals surface area contributed by atoms with E-state index < -0.39 is 15.6 Å². The number of sulfonamides is 1. The third kappa shape index (κ3) is 4.85. The SMILES string of the molecule is CCOC(C)(C)CNS(=O)(=O)c1cc(CNC)oc1Br. The van der Waals surface area contributed by atoms with Crippen molar-refractivity contribution in [2.75, 3.05) is 20.2 Å². The van der Waals surface area contributed by atoms with Crippen molar-refractivity contribution in [2.45, 2.75) is 37.8 Å².